The van der Waals surface area contributed by atoms with Gasteiger partial charge in [0, 0.05) is 5.69 Å². The first-order valence-electron chi connectivity index (χ1n) is 7.12. The number of ketones is 1. The fourth-order valence-electron chi connectivity index (χ4n) is 2.45. The second-order valence-electron chi connectivity index (χ2n) is 4.95. The fraction of sp³-hybridized carbons (Fsp3) is 0.375. The van der Waals surface area contributed by atoms with Gasteiger partial charge in [-0.3, -0.25) is 9.48 Å². The standard InChI is InChI=1S/C16H17F3N2O/c1-3-12-14(15(22)16(17,18)19)13(4-2)21(20-12)10-11-8-6-5-7-9-11/h5-9H,3-4,10H2,1-2H3. The third kappa shape index (κ3) is 3.21. The number of aryl methyl sites for hydroxylation is 1. The Balaban J connectivity index is 2.49. The molecule has 0 aliphatic heterocycles. The van der Waals surface area contributed by atoms with Gasteiger partial charge in [-0.2, -0.15) is 18.3 Å². The zero-order valence-electron chi connectivity index (χ0n) is 12.4. The normalized spacial score (nSPS) is 11.7. The molecule has 1 heterocycles. The van der Waals surface area contributed by atoms with E-state index < -0.39 is 12.0 Å². The lowest BCUT2D eigenvalue weighted by Crippen LogP contribution is -2.25. The molecule has 1 aromatic heterocycles. The van der Waals surface area contributed by atoms with E-state index in [0.717, 1.165) is 5.56 Å². The maximum atomic E-state index is 12.8. The van der Waals surface area contributed by atoms with Crippen LogP contribution in [0.15, 0.2) is 30.3 Å². The van der Waals surface area contributed by atoms with E-state index >= 15 is 0 Å². The summed E-state index contributed by atoms with van der Waals surface area (Å²) in [6.07, 6.45) is -4.28. The Kier molecular flexibility index (Phi) is 4.68. The summed E-state index contributed by atoms with van der Waals surface area (Å²) >= 11 is 0. The summed E-state index contributed by atoms with van der Waals surface area (Å²) in [5.74, 6) is -1.81. The van der Waals surface area contributed by atoms with E-state index in [9.17, 15) is 18.0 Å². The van der Waals surface area contributed by atoms with Crippen LogP contribution in [0, 0.1) is 0 Å². The molecule has 0 spiro atoms. The smallest absolute Gasteiger partial charge is 0.284 e. The Morgan fingerprint density at radius 1 is 1.14 bits per heavy atom. The number of alkyl halides is 3. The third-order valence-corrected chi connectivity index (χ3v) is 3.46. The molecule has 0 saturated heterocycles. The molecule has 0 radical (unpaired) electrons. The average molecular weight is 310 g/mol. The van der Waals surface area contributed by atoms with Crippen LogP contribution in [-0.4, -0.2) is 21.7 Å². The predicted molar refractivity (Wildman–Crippen MR) is 76.9 cm³/mol. The van der Waals surface area contributed by atoms with Crippen molar-refractivity contribution in [2.45, 2.75) is 39.4 Å². The number of aromatic nitrogens is 2. The number of nitrogens with zero attached hydrogens (tertiary/aromatic N) is 2. The third-order valence-electron chi connectivity index (χ3n) is 3.46. The summed E-state index contributed by atoms with van der Waals surface area (Å²) in [5, 5.41) is 4.23. The van der Waals surface area contributed by atoms with Crippen molar-refractivity contribution in [3.63, 3.8) is 0 Å². The quantitative estimate of drug-likeness (QED) is 0.787. The molecule has 0 N–H and O–H groups in total. The molecule has 6 heteroatoms. The van der Waals surface area contributed by atoms with Gasteiger partial charge in [-0.1, -0.05) is 44.2 Å². The van der Waals surface area contributed by atoms with E-state index in [1.54, 1.807) is 13.8 Å². The number of carbonyl (C=O) groups is 1. The summed E-state index contributed by atoms with van der Waals surface area (Å²) in [6, 6.07) is 9.32. The molecule has 118 valence electrons. The Hall–Kier alpha value is -2.11. The van der Waals surface area contributed by atoms with Crippen molar-refractivity contribution in [3.8, 4) is 0 Å². The predicted octanol–water partition coefficient (Wildman–Crippen LogP) is 3.80. The van der Waals surface area contributed by atoms with Gasteiger partial charge in [0.2, 0.25) is 0 Å². The summed E-state index contributed by atoms with van der Waals surface area (Å²) < 4.78 is 40.0. The molecule has 0 atom stereocenters. The lowest BCUT2D eigenvalue weighted by atomic mass is 10.0. The first-order valence-corrected chi connectivity index (χ1v) is 7.12. The second-order valence-corrected chi connectivity index (χ2v) is 4.95. The molecular weight excluding hydrogens is 293 g/mol. The van der Waals surface area contributed by atoms with Gasteiger partial charge in [0.25, 0.3) is 5.78 Å². The Labute approximate surface area is 126 Å². The molecule has 22 heavy (non-hydrogen) atoms. The van der Waals surface area contributed by atoms with Gasteiger partial charge in [0.1, 0.15) is 0 Å². The average Bonchev–Trinajstić information content (AvgIpc) is 2.83. The number of Topliss-reactive ketones (excluding diaryl/α,β-unsaturated/α-hetero) is 1. The molecule has 0 aliphatic rings. The molecule has 0 unspecified atom stereocenters. The Morgan fingerprint density at radius 2 is 1.77 bits per heavy atom. The van der Waals surface area contributed by atoms with Crippen LogP contribution >= 0.6 is 0 Å². The van der Waals surface area contributed by atoms with Crippen molar-refractivity contribution in [2.75, 3.05) is 0 Å². The lowest BCUT2D eigenvalue weighted by molar-refractivity contribution is -0.0886. The van der Waals surface area contributed by atoms with Crippen LogP contribution in [0.4, 0.5) is 13.2 Å². The van der Waals surface area contributed by atoms with E-state index in [2.05, 4.69) is 5.10 Å². The number of benzene rings is 1. The van der Waals surface area contributed by atoms with E-state index in [1.165, 1.54) is 4.68 Å². The van der Waals surface area contributed by atoms with E-state index in [-0.39, 0.29) is 17.7 Å². The van der Waals surface area contributed by atoms with Crippen LogP contribution in [-0.2, 0) is 19.4 Å². The maximum absolute atomic E-state index is 12.8. The van der Waals surface area contributed by atoms with Crippen molar-refractivity contribution in [2.24, 2.45) is 0 Å². The van der Waals surface area contributed by atoms with Crippen molar-refractivity contribution in [1.82, 2.24) is 9.78 Å². The molecule has 3 nitrogen and oxygen atoms in total. The lowest BCUT2D eigenvalue weighted by Gasteiger charge is -2.09. The van der Waals surface area contributed by atoms with Crippen molar-refractivity contribution < 1.29 is 18.0 Å². The molecule has 0 bridgehead atoms. The summed E-state index contributed by atoms with van der Waals surface area (Å²) in [7, 11) is 0. The highest BCUT2D eigenvalue weighted by Crippen LogP contribution is 2.27. The van der Waals surface area contributed by atoms with Crippen LogP contribution in [0.2, 0.25) is 0 Å². The van der Waals surface area contributed by atoms with E-state index in [0.29, 0.717) is 18.7 Å². The van der Waals surface area contributed by atoms with Gasteiger partial charge < -0.3 is 0 Å². The van der Waals surface area contributed by atoms with Crippen LogP contribution in [0.3, 0.4) is 0 Å². The van der Waals surface area contributed by atoms with Crippen LogP contribution in [0.1, 0.15) is 41.2 Å². The zero-order valence-corrected chi connectivity index (χ0v) is 12.4. The molecule has 2 rings (SSSR count). The molecule has 0 fully saturated rings. The number of rotatable bonds is 5. The summed E-state index contributed by atoms with van der Waals surface area (Å²) in [4.78, 5) is 11.7. The van der Waals surface area contributed by atoms with Gasteiger partial charge >= 0.3 is 6.18 Å². The number of carbonyl (C=O) groups excluding carboxylic acids is 1. The maximum Gasteiger partial charge on any atom is 0.455 e. The van der Waals surface area contributed by atoms with Gasteiger partial charge in [0.05, 0.1) is 17.8 Å². The van der Waals surface area contributed by atoms with Crippen molar-refractivity contribution in [1.29, 1.82) is 0 Å². The minimum atomic E-state index is -4.88. The van der Waals surface area contributed by atoms with Crippen molar-refractivity contribution in [3.05, 3.63) is 52.8 Å². The van der Waals surface area contributed by atoms with Gasteiger partial charge in [-0.15, -0.1) is 0 Å². The summed E-state index contributed by atoms with van der Waals surface area (Å²) in [6.45, 7) is 3.77. The Bertz CT molecular complexity index is 660. The highest BCUT2D eigenvalue weighted by Gasteiger charge is 2.42. The molecule has 1 aromatic carbocycles. The first kappa shape index (κ1) is 16.3. The van der Waals surface area contributed by atoms with Crippen LogP contribution < -0.4 is 0 Å². The van der Waals surface area contributed by atoms with Crippen LogP contribution in [0.5, 0.6) is 0 Å². The minimum Gasteiger partial charge on any atom is -0.284 e. The first-order chi connectivity index (χ1) is 10.4. The Morgan fingerprint density at radius 3 is 2.27 bits per heavy atom. The van der Waals surface area contributed by atoms with Crippen molar-refractivity contribution >= 4 is 5.78 Å². The van der Waals surface area contributed by atoms with Gasteiger partial charge in [0.15, 0.2) is 0 Å². The topological polar surface area (TPSA) is 34.9 Å². The van der Waals surface area contributed by atoms with E-state index in [1.807, 2.05) is 30.3 Å². The monoisotopic (exact) mass is 310 g/mol. The minimum absolute atomic E-state index is 0.204. The highest BCUT2D eigenvalue weighted by molar-refractivity contribution is 6.02. The number of halogens is 3. The number of hydrogen-bond donors (Lipinski definition) is 0. The largest absolute Gasteiger partial charge is 0.455 e. The summed E-state index contributed by atoms with van der Waals surface area (Å²) in [5.41, 5.74) is 1.18. The highest BCUT2D eigenvalue weighted by atomic mass is 19.4. The van der Waals surface area contributed by atoms with E-state index in [4.69, 9.17) is 0 Å². The second kappa shape index (κ2) is 6.34. The zero-order chi connectivity index (χ0) is 16.3. The van der Waals surface area contributed by atoms with Crippen LogP contribution in [0.25, 0.3) is 0 Å². The fourth-order valence-corrected chi connectivity index (χ4v) is 2.45. The molecule has 0 aliphatic carbocycles. The van der Waals surface area contributed by atoms with Gasteiger partial charge in [-0.25, -0.2) is 0 Å². The number of hydrogen-bond acceptors (Lipinski definition) is 2. The van der Waals surface area contributed by atoms with Gasteiger partial charge in [-0.05, 0) is 18.4 Å². The molecule has 2 aromatic rings. The molecule has 0 saturated carbocycles. The molecule has 0 amide bonds. The molecular formula is C16H17F3N2O. The SMILES string of the molecule is CCc1nn(Cc2ccccc2)c(CC)c1C(=O)C(F)(F)F.